The van der Waals surface area contributed by atoms with Gasteiger partial charge in [0, 0.05) is 14.3 Å². The monoisotopic (exact) mass is 315 g/mol. The second-order valence-corrected chi connectivity index (χ2v) is 8.45. The van der Waals surface area contributed by atoms with Gasteiger partial charge in [0.25, 0.3) is 0 Å². The molecule has 1 aromatic carbocycles. The Morgan fingerprint density at radius 1 is 1.00 bits per heavy atom. The molecule has 3 rings (SSSR count). The van der Waals surface area contributed by atoms with Gasteiger partial charge >= 0.3 is 0 Å². The van der Waals surface area contributed by atoms with Crippen LogP contribution < -0.4 is 5.32 Å². The van der Waals surface area contributed by atoms with Crippen LogP contribution >= 0.6 is 22.7 Å². The third-order valence-corrected chi connectivity index (χ3v) is 6.00. The van der Waals surface area contributed by atoms with Gasteiger partial charge in [-0.25, -0.2) is 0 Å². The van der Waals surface area contributed by atoms with Crippen LogP contribution in [0.3, 0.4) is 0 Å². The molecule has 1 N–H and O–H groups in total. The van der Waals surface area contributed by atoms with E-state index in [1.807, 2.05) is 29.7 Å². The first kappa shape index (κ1) is 14.8. The van der Waals surface area contributed by atoms with E-state index in [9.17, 15) is 0 Å². The molecule has 0 aliphatic heterocycles. The normalized spacial score (nSPS) is 13.7. The molecule has 1 unspecified atom stereocenters. The number of fused-ring (bicyclic) bond motifs is 1. The van der Waals surface area contributed by atoms with Crippen LogP contribution in [0.5, 0.6) is 0 Å². The van der Waals surface area contributed by atoms with Gasteiger partial charge in [0.1, 0.15) is 0 Å². The van der Waals surface area contributed by atoms with E-state index in [1.54, 1.807) is 0 Å². The van der Waals surface area contributed by atoms with E-state index in [4.69, 9.17) is 0 Å². The van der Waals surface area contributed by atoms with Gasteiger partial charge < -0.3 is 5.32 Å². The van der Waals surface area contributed by atoms with E-state index in [-0.39, 0.29) is 11.5 Å². The summed E-state index contributed by atoms with van der Waals surface area (Å²) >= 11 is 3.71. The number of thiophene rings is 2. The zero-order valence-electron chi connectivity index (χ0n) is 12.9. The molecule has 3 aromatic rings. The predicted molar refractivity (Wildman–Crippen MR) is 95.7 cm³/mol. The zero-order valence-corrected chi connectivity index (χ0v) is 14.6. The summed E-state index contributed by atoms with van der Waals surface area (Å²) in [4.78, 5) is 1.39. The van der Waals surface area contributed by atoms with E-state index in [2.05, 4.69) is 67.9 Å². The molecule has 1 atom stereocenters. The molecule has 0 bridgehead atoms. The Labute approximate surface area is 134 Å². The molecule has 21 heavy (non-hydrogen) atoms. The molecular formula is C18H21NS2. The SMILES string of the molecule is CNC(c1ccc(C(C)(C)C)cc1)c1cc2sccc2s1. The second kappa shape index (κ2) is 5.56. The number of hydrogen-bond acceptors (Lipinski definition) is 3. The average molecular weight is 316 g/mol. The van der Waals surface area contributed by atoms with Crippen molar-refractivity contribution in [1.29, 1.82) is 0 Å². The maximum Gasteiger partial charge on any atom is 0.0669 e. The highest BCUT2D eigenvalue weighted by Gasteiger charge is 2.17. The molecule has 110 valence electrons. The van der Waals surface area contributed by atoms with Gasteiger partial charge in [-0.2, -0.15) is 0 Å². The molecule has 0 spiro atoms. The fraction of sp³-hybridized carbons (Fsp3) is 0.333. The van der Waals surface area contributed by atoms with E-state index in [1.165, 1.54) is 25.4 Å². The van der Waals surface area contributed by atoms with E-state index >= 15 is 0 Å². The standard InChI is InChI=1S/C18H21NS2/c1-18(2,3)13-7-5-12(6-8-13)17(19-4)16-11-15-14(21-16)9-10-20-15/h5-11,17,19H,1-4H3. The number of nitrogens with one attached hydrogen (secondary N) is 1. The van der Waals surface area contributed by atoms with Crippen LogP contribution in [-0.4, -0.2) is 7.05 Å². The van der Waals surface area contributed by atoms with E-state index < -0.39 is 0 Å². The molecule has 0 aliphatic rings. The summed E-state index contributed by atoms with van der Waals surface area (Å²) in [6, 6.07) is 13.9. The van der Waals surface area contributed by atoms with Gasteiger partial charge in [-0.15, -0.1) is 22.7 Å². The Bertz CT molecular complexity index is 700. The van der Waals surface area contributed by atoms with Crippen molar-refractivity contribution in [3.05, 3.63) is 57.8 Å². The van der Waals surface area contributed by atoms with Crippen molar-refractivity contribution >= 4 is 32.1 Å². The fourth-order valence-corrected chi connectivity index (χ4v) is 4.83. The van der Waals surface area contributed by atoms with Gasteiger partial charge in [0.05, 0.1) is 6.04 Å². The molecule has 0 amide bonds. The van der Waals surface area contributed by atoms with Crippen molar-refractivity contribution < 1.29 is 0 Å². The lowest BCUT2D eigenvalue weighted by atomic mass is 9.86. The third kappa shape index (κ3) is 2.91. The summed E-state index contributed by atoms with van der Waals surface area (Å²) in [7, 11) is 2.04. The van der Waals surface area contributed by atoms with Gasteiger partial charge in [-0.1, -0.05) is 45.0 Å². The van der Waals surface area contributed by atoms with Crippen LogP contribution in [0.15, 0.2) is 41.8 Å². The Hall–Kier alpha value is -1.16. The molecule has 2 aromatic heterocycles. The summed E-state index contributed by atoms with van der Waals surface area (Å²) in [5.74, 6) is 0. The first-order valence-electron chi connectivity index (χ1n) is 7.23. The van der Waals surface area contributed by atoms with Gasteiger partial charge in [-0.05, 0) is 41.1 Å². The lowest BCUT2D eigenvalue weighted by molar-refractivity contribution is 0.589. The molecule has 1 nitrogen and oxygen atoms in total. The summed E-state index contributed by atoms with van der Waals surface area (Å²) in [6.07, 6.45) is 0. The van der Waals surface area contributed by atoms with E-state index in [0.29, 0.717) is 0 Å². The van der Waals surface area contributed by atoms with Crippen molar-refractivity contribution in [1.82, 2.24) is 5.32 Å². The molecular weight excluding hydrogens is 294 g/mol. The smallest absolute Gasteiger partial charge is 0.0669 e. The Kier molecular flexibility index (Phi) is 3.91. The Balaban J connectivity index is 1.94. The summed E-state index contributed by atoms with van der Waals surface area (Å²) < 4.78 is 2.78. The Morgan fingerprint density at radius 3 is 2.29 bits per heavy atom. The Morgan fingerprint density at radius 2 is 1.71 bits per heavy atom. The van der Waals surface area contributed by atoms with Crippen LogP contribution in [0.1, 0.15) is 42.8 Å². The van der Waals surface area contributed by atoms with E-state index in [0.717, 1.165) is 0 Å². The topological polar surface area (TPSA) is 12.0 Å². The molecule has 0 fully saturated rings. The van der Waals surface area contributed by atoms with Crippen molar-refractivity contribution in [2.75, 3.05) is 7.05 Å². The maximum absolute atomic E-state index is 3.46. The van der Waals surface area contributed by atoms with Gasteiger partial charge in [-0.3, -0.25) is 0 Å². The molecule has 0 aliphatic carbocycles. The lowest BCUT2D eigenvalue weighted by Gasteiger charge is -2.21. The third-order valence-electron chi connectivity index (χ3n) is 3.84. The minimum Gasteiger partial charge on any atom is -0.309 e. The van der Waals surface area contributed by atoms with Crippen LogP contribution in [0.4, 0.5) is 0 Å². The van der Waals surface area contributed by atoms with Crippen LogP contribution in [0.25, 0.3) is 9.40 Å². The highest BCUT2D eigenvalue weighted by atomic mass is 32.1. The maximum atomic E-state index is 3.46. The van der Waals surface area contributed by atoms with Crippen molar-refractivity contribution in [3.8, 4) is 0 Å². The highest BCUT2D eigenvalue weighted by molar-refractivity contribution is 7.27. The summed E-state index contributed by atoms with van der Waals surface area (Å²) in [6.45, 7) is 6.76. The van der Waals surface area contributed by atoms with Gasteiger partial charge in [0.2, 0.25) is 0 Å². The number of hydrogen-bond donors (Lipinski definition) is 1. The van der Waals surface area contributed by atoms with Crippen LogP contribution in [-0.2, 0) is 5.41 Å². The molecule has 0 saturated carbocycles. The van der Waals surface area contributed by atoms with Crippen molar-refractivity contribution in [2.24, 2.45) is 0 Å². The van der Waals surface area contributed by atoms with Crippen molar-refractivity contribution in [2.45, 2.75) is 32.2 Å². The average Bonchev–Trinajstić information content (AvgIpc) is 3.00. The highest BCUT2D eigenvalue weighted by Crippen LogP contribution is 2.36. The molecule has 2 heterocycles. The second-order valence-electron chi connectivity index (χ2n) is 6.39. The minimum absolute atomic E-state index is 0.208. The lowest BCUT2D eigenvalue weighted by Crippen LogP contribution is -2.17. The van der Waals surface area contributed by atoms with Crippen LogP contribution in [0, 0.1) is 0 Å². The summed E-state index contributed by atoms with van der Waals surface area (Å²) in [5, 5.41) is 5.62. The predicted octanol–water partition coefficient (Wildman–Crippen LogP) is 5.57. The number of rotatable bonds is 3. The van der Waals surface area contributed by atoms with Crippen LogP contribution in [0.2, 0.25) is 0 Å². The zero-order chi connectivity index (χ0) is 15.0. The minimum atomic E-state index is 0.208. The largest absolute Gasteiger partial charge is 0.309 e. The number of benzene rings is 1. The molecule has 0 saturated heterocycles. The molecule has 3 heteroatoms. The first-order valence-corrected chi connectivity index (χ1v) is 8.93. The summed E-state index contributed by atoms with van der Waals surface area (Å²) in [5.41, 5.74) is 2.92. The molecule has 0 radical (unpaired) electrons. The quantitative estimate of drug-likeness (QED) is 0.666. The fourth-order valence-electron chi connectivity index (χ4n) is 2.58. The van der Waals surface area contributed by atoms with Crippen molar-refractivity contribution in [3.63, 3.8) is 0 Å². The van der Waals surface area contributed by atoms with Gasteiger partial charge in [0.15, 0.2) is 0 Å². The first-order chi connectivity index (χ1) is 9.99.